The number of rotatable bonds is 4. The van der Waals surface area contributed by atoms with Crippen molar-refractivity contribution in [1.29, 1.82) is 0 Å². The molecule has 0 atom stereocenters. The van der Waals surface area contributed by atoms with Crippen LogP contribution in [0, 0.1) is 0 Å². The van der Waals surface area contributed by atoms with Gasteiger partial charge in [-0.15, -0.1) is 11.8 Å². The van der Waals surface area contributed by atoms with Crippen molar-refractivity contribution < 1.29 is 18.0 Å². The molecule has 8 heteroatoms. The summed E-state index contributed by atoms with van der Waals surface area (Å²) in [5.74, 6) is -0.0372. The fourth-order valence-electron chi connectivity index (χ4n) is 2.34. The first-order chi connectivity index (χ1) is 11.9. The van der Waals surface area contributed by atoms with Gasteiger partial charge in [-0.1, -0.05) is 6.92 Å². The van der Waals surface area contributed by atoms with E-state index >= 15 is 0 Å². The van der Waals surface area contributed by atoms with E-state index in [1.54, 1.807) is 37.3 Å². The summed E-state index contributed by atoms with van der Waals surface area (Å²) in [5.41, 5.74) is 1.53. The van der Waals surface area contributed by atoms with E-state index in [9.17, 15) is 18.0 Å². The fraction of sp³-hybridized carbons (Fsp3) is 0.176. The monoisotopic (exact) mass is 376 g/mol. The number of nitrogens with one attached hydrogen (secondary N) is 2. The van der Waals surface area contributed by atoms with Gasteiger partial charge in [0, 0.05) is 16.1 Å². The summed E-state index contributed by atoms with van der Waals surface area (Å²) in [5, 5.41) is 5.46. The molecule has 0 unspecified atom stereocenters. The average Bonchev–Trinajstić information content (AvgIpc) is 2.61. The third-order valence-electron chi connectivity index (χ3n) is 3.73. The molecule has 0 bridgehead atoms. The Morgan fingerprint density at radius 3 is 2.60 bits per heavy atom. The Morgan fingerprint density at radius 1 is 1.20 bits per heavy atom. The number of anilines is 2. The van der Waals surface area contributed by atoms with Gasteiger partial charge in [-0.25, -0.2) is 8.42 Å². The zero-order chi connectivity index (χ0) is 18.0. The topological polar surface area (TPSA) is 92.3 Å². The number of amides is 2. The van der Waals surface area contributed by atoms with Crippen LogP contribution >= 0.6 is 11.8 Å². The van der Waals surface area contributed by atoms with Crippen LogP contribution in [0.5, 0.6) is 0 Å². The summed E-state index contributed by atoms with van der Waals surface area (Å²) in [6.07, 6.45) is 0. The lowest BCUT2D eigenvalue weighted by Crippen LogP contribution is -2.19. The molecule has 2 N–H and O–H groups in total. The molecular formula is C17H16N2O4S2. The molecule has 2 aromatic carbocycles. The van der Waals surface area contributed by atoms with E-state index in [0.29, 0.717) is 22.7 Å². The molecule has 6 nitrogen and oxygen atoms in total. The summed E-state index contributed by atoms with van der Waals surface area (Å²) in [4.78, 5) is 25.0. The molecule has 0 radical (unpaired) electrons. The van der Waals surface area contributed by atoms with Gasteiger partial charge < -0.3 is 10.6 Å². The van der Waals surface area contributed by atoms with E-state index < -0.39 is 9.84 Å². The third kappa shape index (κ3) is 3.85. The minimum absolute atomic E-state index is 0.0254. The van der Waals surface area contributed by atoms with Crippen LogP contribution in [0.2, 0.25) is 0 Å². The standard InChI is InChI=1S/C17H16N2O4S2/c1-2-25(22,23)13-6-4-12(5-7-13)18-17(21)11-3-8-15-14(9-11)19-16(20)10-24-15/h3-9H,2,10H2,1H3,(H,18,21)(H,19,20). The predicted molar refractivity (Wildman–Crippen MR) is 97.9 cm³/mol. The first-order valence-corrected chi connectivity index (χ1v) is 10.2. The number of benzene rings is 2. The first-order valence-electron chi connectivity index (χ1n) is 7.60. The van der Waals surface area contributed by atoms with Crippen LogP contribution in [0.3, 0.4) is 0 Å². The van der Waals surface area contributed by atoms with Gasteiger partial charge in [-0.3, -0.25) is 9.59 Å². The van der Waals surface area contributed by atoms with Gasteiger partial charge in [-0.05, 0) is 42.5 Å². The largest absolute Gasteiger partial charge is 0.324 e. The van der Waals surface area contributed by atoms with Gasteiger partial charge in [-0.2, -0.15) is 0 Å². The number of sulfone groups is 1. The Morgan fingerprint density at radius 2 is 1.92 bits per heavy atom. The van der Waals surface area contributed by atoms with Crippen molar-refractivity contribution in [2.75, 3.05) is 22.1 Å². The van der Waals surface area contributed by atoms with E-state index in [0.717, 1.165) is 4.90 Å². The van der Waals surface area contributed by atoms with Crippen molar-refractivity contribution in [3.05, 3.63) is 48.0 Å². The van der Waals surface area contributed by atoms with Gasteiger partial charge in [0.15, 0.2) is 9.84 Å². The summed E-state index contributed by atoms with van der Waals surface area (Å²) in [6, 6.07) is 11.2. The van der Waals surface area contributed by atoms with Crippen molar-refractivity contribution >= 4 is 44.8 Å². The molecule has 0 fully saturated rings. The number of carbonyl (C=O) groups is 2. The Kier molecular flexibility index (Phi) is 4.82. The predicted octanol–water partition coefficient (Wildman–Crippen LogP) is 2.78. The minimum Gasteiger partial charge on any atom is -0.324 e. The van der Waals surface area contributed by atoms with E-state index in [4.69, 9.17) is 0 Å². The molecule has 1 aliphatic rings. The van der Waals surface area contributed by atoms with Gasteiger partial charge in [0.2, 0.25) is 5.91 Å². The maximum Gasteiger partial charge on any atom is 0.255 e. The molecule has 1 aliphatic heterocycles. The van der Waals surface area contributed by atoms with Crippen molar-refractivity contribution in [1.82, 2.24) is 0 Å². The van der Waals surface area contributed by atoms with E-state index in [1.165, 1.54) is 23.9 Å². The molecule has 0 aromatic heterocycles. The molecule has 0 saturated heterocycles. The molecule has 130 valence electrons. The number of hydrogen-bond acceptors (Lipinski definition) is 5. The van der Waals surface area contributed by atoms with E-state index in [2.05, 4.69) is 10.6 Å². The number of hydrogen-bond donors (Lipinski definition) is 2. The van der Waals surface area contributed by atoms with Crippen molar-refractivity contribution in [3.8, 4) is 0 Å². The van der Waals surface area contributed by atoms with Crippen LogP contribution in [0.4, 0.5) is 11.4 Å². The molecular weight excluding hydrogens is 360 g/mol. The summed E-state index contributed by atoms with van der Waals surface area (Å²) >= 11 is 1.43. The zero-order valence-corrected chi connectivity index (χ0v) is 15.0. The normalized spacial score (nSPS) is 13.7. The summed E-state index contributed by atoms with van der Waals surface area (Å²) in [7, 11) is -3.27. The number of thioether (sulfide) groups is 1. The van der Waals surface area contributed by atoms with Crippen LogP contribution in [-0.4, -0.2) is 31.7 Å². The van der Waals surface area contributed by atoms with Crippen LogP contribution in [0.1, 0.15) is 17.3 Å². The van der Waals surface area contributed by atoms with Gasteiger partial charge in [0.05, 0.1) is 22.1 Å². The molecule has 2 aromatic rings. The molecule has 2 amide bonds. The van der Waals surface area contributed by atoms with E-state index in [1.807, 2.05) is 0 Å². The van der Waals surface area contributed by atoms with Crippen molar-refractivity contribution in [2.45, 2.75) is 16.7 Å². The zero-order valence-electron chi connectivity index (χ0n) is 13.4. The average molecular weight is 376 g/mol. The molecule has 3 rings (SSSR count). The highest BCUT2D eigenvalue weighted by Crippen LogP contribution is 2.32. The Bertz CT molecular complexity index is 938. The molecule has 25 heavy (non-hydrogen) atoms. The summed E-state index contributed by atoms with van der Waals surface area (Å²) in [6.45, 7) is 1.58. The maximum atomic E-state index is 12.4. The van der Waals surface area contributed by atoms with Gasteiger partial charge in [0.25, 0.3) is 5.91 Å². The number of carbonyl (C=O) groups excluding carboxylic acids is 2. The second-order valence-corrected chi connectivity index (χ2v) is 8.73. The van der Waals surface area contributed by atoms with Crippen molar-refractivity contribution in [3.63, 3.8) is 0 Å². The Balaban J connectivity index is 1.76. The van der Waals surface area contributed by atoms with Gasteiger partial charge in [0.1, 0.15) is 0 Å². The lowest BCUT2D eigenvalue weighted by Gasteiger charge is -2.17. The second kappa shape index (κ2) is 6.89. The quantitative estimate of drug-likeness (QED) is 0.856. The number of fused-ring (bicyclic) bond motifs is 1. The highest BCUT2D eigenvalue weighted by atomic mass is 32.2. The van der Waals surface area contributed by atoms with Crippen LogP contribution in [0.15, 0.2) is 52.3 Å². The highest BCUT2D eigenvalue weighted by Gasteiger charge is 2.17. The van der Waals surface area contributed by atoms with Crippen molar-refractivity contribution in [2.24, 2.45) is 0 Å². The van der Waals surface area contributed by atoms with E-state index in [-0.39, 0.29) is 22.5 Å². The SMILES string of the molecule is CCS(=O)(=O)c1ccc(NC(=O)c2ccc3c(c2)NC(=O)CS3)cc1. The first kappa shape index (κ1) is 17.5. The maximum absolute atomic E-state index is 12.4. The van der Waals surface area contributed by atoms with Crippen LogP contribution < -0.4 is 10.6 Å². The minimum atomic E-state index is -3.27. The molecule has 0 saturated carbocycles. The molecule has 0 aliphatic carbocycles. The second-order valence-electron chi connectivity index (χ2n) is 5.43. The molecule has 1 heterocycles. The van der Waals surface area contributed by atoms with Crippen LogP contribution in [-0.2, 0) is 14.6 Å². The fourth-order valence-corrected chi connectivity index (χ4v) is 4.01. The van der Waals surface area contributed by atoms with Gasteiger partial charge >= 0.3 is 0 Å². The summed E-state index contributed by atoms with van der Waals surface area (Å²) < 4.78 is 23.6. The highest BCUT2D eigenvalue weighted by molar-refractivity contribution is 8.00. The lowest BCUT2D eigenvalue weighted by molar-refractivity contribution is -0.113. The lowest BCUT2D eigenvalue weighted by atomic mass is 10.1. The van der Waals surface area contributed by atoms with Crippen LogP contribution in [0.25, 0.3) is 0 Å². The Hall–Kier alpha value is -2.32. The smallest absolute Gasteiger partial charge is 0.255 e. The Labute approximate surface area is 149 Å². The molecule has 0 spiro atoms. The third-order valence-corrected chi connectivity index (χ3v) is 6.55.